The van der Waals surface area contributed by atoms with Crippen LogP contribution >= 0.6 is 0 Å². The summed E-state index contributed by atoms with van der Waals surface area (Å²) in [5, 5.41) is 11.1. The SMILES string of the molecule is CN(CCN1CCOCC1)CC[C@]12c3c4ccc(OCCN5CCOCC5)c3O[C@H]1[C@@H](O)C=C[C@H]2C=C4. The molecular weight excluding hydrogens is 470 g/mol. The van der Waals surface area contributed by atoms with E-state index in [1.54, 1.807) is 0 Å². The summed E-state index contributed by atoms with van der Waals surface area (Å²) in [4.78, 5) is 7.28. The van der Waals surface area contributed by atoms with Gasteiger partial charge in [-0.2, -0.15) is 0 Å². The van der Waals surface area contributed by atoms with E-state index < -0.39 is 6.10 Å². The van der Waals surface area contributed by atoms with Gasteiger partial charge in [0.1, 0.15) is 18.8 Å². The fraction of sp³-hybridized carbons (Fsp3) is 0.655. The average Bonchev–Trinajstić information content (AvgIpc) is 3.30. The third kappa shape index (κ3) is 4.95. The largest absolute Gasteiger partial charge is 0.488 e. The molecule has 1 aromatic carbocycles. The summed E-state index contributed by atoms with van der Waals surface area (Å²) in [6, 6.07) is 4.20. The van der Waals surface area contributed by atoms with Gasteiger partial charge in [0.25, 0.3) is 0 Å². The van der Waals surface area contributed by atoms with Crippen molar-refractivity contribution in [3.8, 4) is 11.5 Å². The van der Waals surface area contributed by atoms with Gasteiger partial charge in [-0.25, -0.2) is 0 Å². The highest BCUT2D eigenvalue weighted by Crippen LogP contribution is 2.59. The van der Waals surface area contributed by atoms with E-state index >= 15 is 0 Å². The first-order chi connectivity index (χ1) is 18.1. The molecule has 202 valence electrons. The maximum Gasteiger partial charge on any atom is 0.166 e. The number of allylic oxidation sites excluding steroid dienone is 2. The lowest BCUT2D eigenvalue weighted by molar-refractivity contribution is 0.00520. The first-order valence-electron chi connectivity index (χ1n) is 14.0. The molecule has 0 spiro atoms. The second-order valence-electron chi connectivity index (χ2n) is 11.0. The molecule has 1 N–H and O–H groups in total. The third-order valence-corrected chi connectivity index (χ3v) is 8.85. The number of aliphatic hydroxyl groups excluding tert-OH is 1. The quantitative estimate of drug-likeness (QED) is 0.476. The molecule has 8 heteroatoms. The summed E-state index contributed by atoms with van der Waals surface area (Å²) in [5.41, 5.74) is 2.12. The van der Waals surface area contributed by atoms with Gasteiger partial charge in [0.15, 0.2) is 11.5 Å². The zero-order valence-corrected chi connectivity index (χ0v) is 22.0. The van der Waals surface area contributed by atoms with Crippen LogP contribution in [0.1, 0.15) is 17.5 Å². The van der Waals surface area contributed by atoms with E-state index in [1.165, 1.54) is 11.1 Å². The van der Waals surface area contributed by atoms with E-state index in [2.05, 4.69) is 46.0 Å². The van der Waals surface area contributed by atoms with Crippen LogP contribution in [0.2, 0.25) is 0 Å². The second kappa shape index (κ2) is 11.0. The number of hydrogen-bond donors (Lipinski definition) is 1. The van der Waals surface area contributed by atoms with Crippen LogP contribution in [0.4, 0.5) is 0 Å². The smallest absolute Gasteiger partial charge is 0.166 e. The Labute approximate surface area is 220 Å². The van der Waals surface area contributed by atoms with Crippen LogP contribution in [-0.2, 0) is 14.9 Å². The van der Waals surface area contributed by atoms with Crippen molar-refractivity contribution in [1.29, 1.82) is 0 Å². The molecule has 0 bridgehead atoms. The Hall–Kier alpha value is -1.94. The lowest BCUT2D eigenvalue weighted by atomic mass is 9.59. The summed E-state index contributed by atoms with van der Waals surface area (Å²) >= 11 is 0. The molecule has 3 aliphatic heterocycles. The molecular formula is C29H41N3O5. The molecule has 0 unspecified atom stereocenters. The van der Waals surface area contributed by atoms with Gasteiger partial charge in [-0.1, -0.05) is 30.4 Å². The van der Waals surface area contributed by atoms with Crippen molar-refractivity contribution in [2.45, 2.75) is 24.0 Å². The zero-order valence-electron chi connectivity index (χ0n) is 22.0. The molecule has 0 saturated carbocycles. The van der Waals surface area contributed by atoms with Crippen molar-refractivity contribution in [1.82, 2.24) is 14.7 Å². The van der Waals surface area contributed by atoms with E-state index in [1.807, 2.05) is 12.1 Å². The Kier molecular flexibility index (Phi) is 7.56. The van der Waals surface area contributed by atoms with Gasteiger partial charge in [-0.3, -0.25) is 9.80 Å². The minimum atomic E-state index is -0.636. The van der Waals surface area contributed by atoms with Crippen molar-refractivity contribution in [2.24, 2.45) is 5.92 Å². The standard InChI is InChI=1S/C29H41N3O5/c1-30(10-11-31-12-17-34-18-13-31)9-8-29-23-4-2-22-3-7-25(36-21-16-32-14-19-35-20-15-32)27(26(22)29)37-28(29)24(33)6-5-23/h2-7,23-24,28,33H,8-21H2,1H3/t23-,24+,28+,29+/m1/s1. The van der Waals surface area contributed by atoms with Gasteiger partial charge < -0.3 is 29.0 Å². The average molecular weight is 512 g/mol. The fourth-order valence-corrected chi connectivity index (χ4v) is 6.65. The molecule has 2 aliphatic carbocycles. The van der Waals surface area contributed by atoms with Crippen molar-refractivity contribution in [2.75, 3.05) is 92.4 Å². The van der Waals surface area contributed by atoms with Crippen molar-refractivity contribution < 1.29 is 24.1 Å². The van der Waals surface area contributed by atoms with Crippen molar-refractivity contribution in [3.63, 3.8) is 0 Å². The molecule has 2 saturated heterocycles. The van der Waals surface area contributed by atoms with E-state index in [0.29, 0.717) is 6.61 Å². The number of hydrogen-bond acceptors (Lipinski definition) is 8. The van der Waals surface area contributed by atoms with Crippen molar-refractivity contribution >= 4 is 6.08 Å². The highest BCUT2D eigenvalue weighted by atomic mass is 16.5. The van der Waals surface area contributed by atoms with Crippen LogP contribution in [0.5, 0.6) is 11.5 Å². The molecule has 4 atom stereocenters. The molecule has 37 heavy (non-hydrogen) atoms. The van der Waals surface area contributed by atoms with E-state index in [4.69, 9.17) is 18.9 Å². The number of ether oxygens (including phenoxy) is 4. The molecule has 8 nitrogen and oxygen atoms in total. The van der Waals surface area contributed by atoms with Crippen molar-refractivity contribution in [3.05, 3.63) is 41.5 Å². The van der Waals surface area contributed by atoms with Crippen LogP contribution in [0.3, 0.4) is 0 Å². The number of morpholine rings is 2. The van der Waals surface area contributed by atoms with Gasteiger partial charge in [0.2, 0.25) is 0 Å². The number of aliphatic hydroxyl groups is 1. The van der Waals surface area contributed by atoms with E-state index in [-0.39, 0.29) is 17.4 Å². The summed E-state index contributed by atoms with van der Waals surface area (Å²) in [7, 11) is 2.21. The van der Waals surface area contributed by atoms with Gasteiger partial charge in [0.05, 0.1) is 31.8 Å². The monoisotopic (exact) mass is 511 g/mol. The highest BCUT2D eigenvalue weighted by Gasteiger charge is 2.58. The summed E-state index contributed by atoms with van der Waals surface area (Å²) < 4.78 is 23.9. The zero-order chi connectivity index (χ0) is 25.2. The second-order valence-corrected chi connectivity index (χ2v) is 11.0. The lowest BCUT2D eigenvalue weighted by Crippen LogP contribution is -2.54. The van der Waals surface area contributed by atoms with Crippen LogP contribution in [0.15, 0.2) is 30.4 Å². The molecule has 0 radical (unpaired) electrons. The molecule has 5 aliphatic rings. The maximum absolute atomic E-state index is 11.1. The molecule has 3 heterocycles. The summed E-state index contributed by atoms with van der Waals surface area (Å²) in [6.45, 7) is 11.7. The van der Waals surface area contributed by atoms with Gasteiger partial charge in [0, 0.05) is 57.3 Å². The first-order valence-corrected chi connectivity index (χ1v) is 14.0. The number of likely N-dealkylation sites (N-methyl/N-ethyl adjacent to an activating group) is 1. The Morgan fingerprint density at radius 3 is 2.46 bits per heavy atom. The predicted molar refractivity (Wildman–Crippen MR) is 142 cm³/mol. The third-order valence-electron chi connectivity index (χ3n) is 8.85. The molecule has 6 rings (SSSR count). The predicted octanol–water partition coefficient (Wildman–Crippen LogP) is 1.62. The number of benzene rings is 1. The molecule has 1 aromatic rings. The van der Waals surface area contributed by atoms with Crippen LogP contribution in [0, 0.1) is 5.92 Å². The minimum Gasteiger partial charge on any atom is -0.488 e. The van der Waals surface area contributed by atoms with E-state index in [9.17, 15) is 5.11 Å². The molecule has 0 aromatic heterocycles. The van der Waals surface area contributed by atoms with E-state index in [0.717, 1.165) is 96.7 Å². The van der Waals surface area contributed by atoms with Crippen LogP contribution in [0.25, 0.3) is 6.08 Å². The minimum absolute atomic E-state index is 0.200. The molecule has 0 amide bonds. The summed E-state index contributed by atoms with van der Waals surface area (Å²) in [5.74, 6) is 1.83. The Balaban J connectivity index is 1.19. The Morgan fingerprint density at radius 1 is 0.973 bits per heavy atom. The number of nitrogens with zero attached hydrogens (tertiary/aromatic N) is 3. The Morgan fingerprint density at radius 2 is 1.70 bits per heavy atom. The van der Waals surface area contributed by atoms with Crippen LogP contribution in [-0.4, -0.2) is 124 Å². The Bertz CT molecular complexity index is 1000. The highest BCUT2D eigenvalue weighted by molar-refractivity contribution is 5.71. The number of rotatable bonds is 10. The van der Waals surface area contributed by atoms with Gasteiger partial charge >= 0.3 is 0 Å². The molecule has 2 fully saturated rings. The topological polar surface area (TPSA) is 66.9 Å². The van der Waals surface area contributed by atoms with Crippen LogP contribution < -0.4 is 9.47 Å². The van der Waals surface area contributed by atoms with Gasteiger partial charge in [-0.15, -0.1) is 0 Å². The normalized spacial score (nSPS) is 30.9. The van der Waals surface area contributed by atoms with Gasteiger partial charge in [-0.05, 0) is 31.6 Å². The summed E-state index contributed by atoms with van der Waals surface area (Å²) in [6.07, 6.45) is 8.58. The lowest BCUT2D eigenvalue weighted by Gasteiger charge is -2.45. The fourth-order valence-electron chi connectivity index (χ4n) is 6.65. The first kappa shape index (κ1) is 25.3. The maximum atomic E-state index is 11.1.